The van der Waals surface area contributed by atoms with Crippen LogP contribution >= 0.6 is 0 Å². The summed E-state index contributed by atoms with van der Waals surface area (Å²) in [5.41, 5.74) is 0. The fourth-order valence-electron chi connectivity index (χ4n) is 2.52. The number of ether oxygens (including phenoxy) is 2. The molecule has 0 spiro atoms. The lowest BCUT2D eigenvalue weighted by molar-refractivity contribution is -0.152. The molecule has 0 aromatic rings. The number of nitrogens with zero attached hydrogens (tertiary/aromatic N) is 1. The molecule has 21 heavy (non-hydrogen) atoms. The fraction of sp³-hybridized carbons (Fsp3) is 0.867. The number of amides is 2. The van der Waals surface area contributed by atoms with Gasteiger partial charge in [-0.25, -0.2) is 0 Å². The molecule has 2 amide bonds. The summed E-state index contributed by atoms with van der Waals surface area (Å²) in [7, 11) is 1.62. The van der Waals surface area contributed by atoms with Crippen LogP contribution in [0.3, 0.4) is 0 Å². The third-order valence-electron chi connectivity index (χ3n) is 4.00. The van der Waals surface area contributed by atoms with Crippen molar-refractivity contribution in [3.05, 3.63) is 0 Å². The number of rotatable bonds is 9. The van der Waals surface area contributed by atoms with Crippen LogP contribution in [0.5, 0.6) is 0 Å². The Balaban J connectivity index is 2.69. The summed E-state index contributed by atoms with van der Waals surface area (Å²) in [4.78, 5) is 26.5. The Labute approximate surface area is 127 Å². The highest BCUT2D eigenvalue weighted by Gasteiger charge is 2.41. The van der Waals surface area contributed by atoms with Gasteiger partial charge in [-0.1, -0.05) is 27.2 Å². The summed E-state index contributed by atoms with van der Waals surface area (Å²) in [6, 6.07) is -0.798. The molecule has 1 fully saturated rings. The summed E-state index contributed by atoms with van der Waals surface area (Å²) in [6.07, 6.45) is 1.46. The molecule has 0 saturated carbocycles. The van der Waals surface area contributed by atoms with Gasteiger partial charge in [-0.2, -0.15) is 0 Å². The van der Waals surface area contributed by atoms with Gasteiger partial charge in [0.1, 0.15) is 12.1 Å². The largest absolute Gasteiger partial charge is 0.382 e. The van der Waals surface area contributed by atoms with Gasteiger partial charge in [0.2, 0.25) is 11.8 Å². The molecule has 0 bridgehead atoms. The zero-order chi connectivity index (χ0) is 15.8. The van der Waals surface area contributed by atoms with Crippen LogP contribution in [0.2, 0.25) is 0 Å². The fourth-order valence-corrected chi connectivity index (χ4v) is 2.52. The van der Waals surface area contributed by atoms with Crippen molar-refractivity contribution in [3.8, 4) is 0 Å². The molecule has 6 heteroatoms. The normalized spacial score (nSPS) is 24.1. The number of methoxy groups -OCH3 is 1. The van der Waals surface area contributed by atoms with Crippen LogP contribution in [0.4, 0.5) is 0 Å². The second-order valence-corrected chi connectivity index (χ2v) is 5.44. The molecule has 6 nitrogen and oxygen atoms in total. The van der Waals surface area contributed by atoms with E-state index in [1.54, 1.807) is 12.0 Å². The number of nitrogens with one attached hydrogen (secondary N) is 1. The van der Waals surface area contributed by atoms with Crippen LogP contribution in [0.1, 0.15) is 33.6 Å². The zero-order valence-corrected chi connectivity index (χ0v) is 13.6. The third kappa shape index (κ3) is 4.68. The second-order valence-electron chi connectivity index (χ2n) is 5.44. The van der Waals surface area contributed by atoms with E-state index >= 15 is 0 Å². The van der Waals surface area contributed by atoms with Crippen LogP contribution in [0.15, 0.2) is 0 Å². The second kappa shape index (κ2) is 9.00. The number of carbonyl (C=O) groups excluding carboxylic acids is 2. The Hall–Kier alpha value is -1.14. The highest BCUT2D eigenvalue weighted by Crippen LogP contribution is 2.20. The number of piperazine rings is 1. The van der Waals surface area contributed by atoms with Crippen molar-refractivity contribution >= 4 is 11.8 Å². The smallest absolute Gasteiger partial charge is 0.245 e. The molecular formula is C15H28N2O4. The maximum absolute atomic E-state index is 12.5. The van der Waals surface area contributed by atoms with E-state index in [2.05, 4.69) is 5.32 Å². The SMILES string of the molecule is CCC1NC(=O)C(C(C)CC)N(CCOCCOC)C1=O. The minimum Gasteiger partial charge on any atom is -0.382 e. The van der Waals surface area contributed by atoms with E-state index in [9.17, 15) is 9.59 Å². The van der Waals surface area contributed by atoms with Crippen molar-refractivity contribution in [2.75, 3.05) is 33.5 Å². The molecule has 122 valence electrons. The first kappa shape index (κ1) is 17.9. The monoisotopic (exact) mass is 300 g/mol. The summed E-state index contributed by atoms with van der Waals surface area (Å²) >= 11 is 0. The third-order valence-corrected chi connectivity index (χ3v) is 4.00. The van der Waals surface area contributed by atoms with E-state index in [-0.39, 0.29) is 17.7 Å². The van der Waals surface area contributed by atoms with E-state index in [1.165, 1.54) is 0 Å². The Morgan fingerprint density at radius 2 is 1.95 bits per heavy atom. The van der Waals surface area contributed by atoms with Crippen molar-refractivity contribution in [2.24, 2.45) is 5.92 Å². The number of carbonyl (C=O) groups is 2. The van der Waals surface area contributed by atoms with Gasteiger partial charge in [0.05, 0.1) is 19.8 Å². The average molecular weight is 300 g/mol. The average Bonchev–Trinajstić information content (AvgIpc) is 2.49. The first-order valence-corrected chi connectivity index (χ1v) is 7.74. The van der Waals surface area contributed by atoms with Crippen molar-refractivity contribution in [1.29, 1.82) is 0 Å². The standard InChI is InChI=1S/C15H28N2O4/c1-5-11(3)13-14(18)16-12(6-2)15(19)17(13)7-8-21-10-9-20-4/h11-13H,5-10H2,1-4H3,(H,16,18). The Morgan fingerprint density at radius 3 is 2.52 bits per heavy atom. The van der Waals surface area contributed by atoms with Gasteiger partial charge < -0.3 is 19.7 Å². The summed E-state index contributed by atoms with van der Waals surface area (Å²) in [6.45, 7) is 7.83. The van der Waals surface area contributed by atoms with E-state index in [0.717, 1.165) is 6.42 Å². The first-order valence-electron chi connectivity index (χ1n) is 7.74. The van der Waals surface area contributed by atoms with Crippen LogP contribution in [-0.4, -0.2) is 62.3 Å². The van der Waals surface area contributed by atoms with E-state index in [0.29, 0.717) is 32.8 Å². The molecule has 1 rings (SSSR count). The maximum Gasteiger partial charge on any atom is 0.245 e. The molecule has 0 aromatic heterocycles. The van der Waals surface area contributed by atoms with Crippen molar-refractivity contribution in [3.63, 3.8) is 0 Å². The maximum atomic E-state index is 12.5. The molecule has 1 aliphatic rings. The van der Waals surface area contributed by atoms with Gasteiger partial charge in [0.15, 0.2) is 0 Å². The molecule has 3 atom stereocenters. The Bertz CT molecular complexity index is 349. The lowest BCUT2D eigenvalue weighted by Gasteiger charge is -2.41. The minimum atomic E-state index is -0.406. The summed E-state index contributed by atoms with van der Waals surface area (Å²) in [5.74, 6) is 0.0798. The van der Waals surface area contributed by atoms with Gasteiger partial charge in [0.25, 0.3) is 0 Å². The van der Waals surface area contributed by atoms with Crippen molar-refractivity contribution in [1.82, 2.24) is 10.2 Å². The van der Waals surface area contributed by atoms with Crippen molar-refractivity contribution < 1.29 is 19.1 Å². The van der Waals surface area contributed by atoms with Crippen LogP contribution in [0.25, 0.3) is 0 Å². The lowest BCUT2D eigenvalue weighted by Crippen LogP contribution is -2.65. The zero-order valence-electron chi connectivity index (χ0n) is 13.6. The molecule has 0 aliphatic carbocycles. The predicted octanol–water partition coefficient (Wildman–Crippen LogP) is 0.801. The van der Waals surface area contributed by atoms with Crippen LogP contribution < -0.4 is 5.32 Å². The van der Waals surface area contributed by atoms with Gasteiger partial charge in [-0.3, -0.25) is 9.59 Å². The summed E-state index contributed by atoms with van der Waals surface area (Å²) < 4.78 is 10.4. The Kier molecular flexibility index (Phi) is 7.67. The van der Waals surface area contributed by atoms with E-state index in [4.69, 9.17) is 9.47 Å². The van der Waals surface area contributed by atoms with E-state index in [1.807, 2.05) is 20.8 Å². The van der Waals surface area contributed by atoms with Gasteiger partial charge in [-0.15, -0.1) is 0 Å². The van der Waals surface area contributed by atoms with Crippen LogP contribution in [0, 0.1) is 5.92 Å². The first-order chi connectivity index (χ1) is 10.1. The minimum absolute atomic E-state index is 0.00209. The molecular weight excluding hydrogens is 272 g/mol. The van der Waals surface area contributed by atoms with Gasteiger partial charge in [-0.05, 0) is 12.3 Å². The summed E-state index contributed by atoms with van der Waals surface area (Å²) in [5, 5.41) is 2.83. The molecule has 1 heterocycles. The van der Waals surface area contributed by atoms with Gasteiger partial charge in [0, 0.05) is 13.7 Å². The highest BCUT2D eigenvalue weighted by molar-refractivity contribution is 5.97. The van der Waals surface area contributed by atoms with Crippen LogP contribution in [-0.2, 0) is 19.1 Å². The van der Waals surface area contributed by atoms with Crippen molar-refractivity contribution in [2.45, 2.75) is 45.7 Å². The molecule has 0 aromatic carbocycles. The number of hydrogen-bond acceptors (Lipinski definition) is 4. The van der Waals surface area contributed by atoms with Gasteiger partial charge >= 0.3 is 0 Å². The quantitative estimate of drug-likeness (QED) is 0.640. The lowest BCUT2D eigenvalue weighted by atomic mass is 9.93. The Morgan fingerprint density at radius 1 is 1.24 bits per heavy atom. The highest BCUT2D eigenvalue weighted by atomic mass is 16.5. The molecule has 0 radical (unpaired) electrons. The van der Waals surface area contributed by atoms with E-state index < -0.39 is 12.1 Å². The number of hydrogen-bond donors (Lipinski definition) is 1. The predicted molar refractivity (Wildman–Crippen MR) is 79.9 cm³/mol. The molecule has 1 saturated heterocycles. The molecule has 1 N–H and O–H groups in total. The molecule has 3 unspecified atom stereocenters. The molecule has 1 aliphatic heterocycles. The topological polar surface area (TPSA) is 67.9 Å².